The number of aliphatic hydroxyl groups excluding tert-OH is 2. The molecule has 0 radical (unpaired) electrons. The van der Waals surface area contributed by atoms with Crippen LogP contribution in [0.4, 0.5) is 0 Å². The molecule has 0 aliphatic carbocycles. The molecule has 1 aliphatic heterocycles. The molecule has 2 amide bonds. The van der Waals surface area contributed by atoms with Crippen molar-refractivity contribution < 1.29 is 19.8 Å². The van der Waals surface area contributed by atoms with Gasteiger partial charge in [-0.2, -0.15) is 0 Å². The Morgan fingerprint density at radius 1 is 1.33 bits per heavy atom. The predicted molar refractivity (Wildman–Crippen MR) is 51.9 cm³/mol. The van der Waals surface area contributed by atoms with E-state index in [4.69, 9.17) is 0 Å². The van der Waals surface area contributed by atoms with Crippen LogP contribution in [0.15, 0.2) is 0 Å². The van der Waals surface area contributed by atoms with Crippen molar-refractivity contribution in [3.63, 3.8) is 0 Å². The number of carbonyl (C=O) groups is 2. The van der Waals surface area contributed by atoms with Crippen molar-refractivity contribution in [3.8, 4) is 0 Å². The predicted octanol–water partition coefficient (Wildman–Crippen LogP) is -1.92. The molecule has 1 fully saturated rings. The lowest BCUT2D eigenvalue weighted by atomic mass is 10.3. The molecule has 0 spiro atoms. The first-order valence-electron chi connectivity index (χ1n) is 4.89. The lowest BCUT2D eigenvalue weighted by Gasteiger charge is -2.15. The van der Waals surface area contributed by atoms with E-state index in [-0.39, 0.29) is 37.9 Å². The SMILES string of the molecule is CC(=O)NCCC(=O)N1C[C@@H](O)[C@@H](O)C1. The maximum atomic E-state index is 11.5. The monoisotopic (exact) mass is 216 g/mol. The summed E-state index contributed by atoms with van der Waals surface area (Å²) in [5.41, 5.74) is 0. The van der Waals surface area contributed by atoms with Crippen molar-refractivity contribution in [1.29, 1.82) is 0 Å². The highest BCUT2D eigenvalue weighted by Gasteiger charge is 2.31. The highest BCUT2D eigenvalue weighted by Crippen LogP contribution is 2.10. The van der Waals surface area contributed by atoms with E-state index in [2.05, 4.69) is 5.32 Å². The molecule has 15 heavy (non-hydrogen) atoms. The van der Waals surface area contributed by atoms with Gasteiger partial charge < -0.3 is 20.4 Å². The number of β-amino-alcohol motifs (C(OH)–C–C–N with tert-alkyl or cyclic N) is 2. The van der Waals surface area contributed by atoms with Gasteiger partial charge in [0.1, 0.15) is 0 Å². The third-order valence-electron chi connectivity index (χ3n) is 2.32. The van der Waals surface area contributed by atoms with Gasteiger partial charge in [0.05, 0.1) is 12.2 Å². The van der Waals surface area contributed by atoms with E-state index in [1.54, 1.807) is 0 Å². The average molecular weight is 216 g/mol. The summed E-state index contributed by atoms with van der Waals surface area (Å²) < 4.78 is 0. The standard InChI is InChI=1S/C9H16N2O4/c1-6(12)10-3-2-9(15)11-4-7(13)8(14)5-11/h7-8,13-14H,2-5H2,1H3,(H,10,12)/t7-,8+. The van der Waals surface area contributed by atoms with Gasteiger partial charge in [0.2, 0.25) is 11.8 Å². The van der Waals surface area contributed by atoms with Crippen LogP contribution in [0.2, 0.25) is 0 Å². The summed E-state index contributed by atoms with van der Waals surface area (Å²) in [6.45, 7) is 2.00. The van der Waals surface area contributed by atoms with Crippen LogP contribution >= 0.6 is 0 Å². The summed E-state index contributed by atoms with van der Waals surface area (Å²) in [7, 11) is 0. The first kappa shape index (κ1) is 11.9. The lowest BCUT2D eigenvalue weighted by molar-refractivity contribution is -0.130. The zero-order chi connectivity index (χ0) is 11.4. The van der Waals surface area contributed by atoms with Crippen molar-refractivity contribution in [3.05, 3.63) is 0 Å². The molecule has 0 aromatic rings. The van der Waals surface area contributed by atoms with Gasteiger partial charge in [-0.3, -0.25) is 9.59 Å². The number of aliphatic hydroxyl groups is 2. The van der Waals surface area contributed by atoms with Crippen molar-refractivity contribution in [1.82, 2.24) is 10.2 Å². The number of nitrogens with one attached hydrogen (secondary N) is 1. The molecule has 2 atom stereocenters. The second kappa shape index (κ2) is 5.09. The van der Waals surface area contributed by atoms with Crippen LogP contribution < -0.4 is 5.32 Å². The number of nitrogens with zero attached hydrogens (tertiary/aromatic N) is 1. The molecule has 0 aromatic heterocycles. The molecule has 1 aliphatic rings. The molecule has 0 aromatic carbocycles. The molecule has 3 N–H and O–H groups in total. The van der Waals surface area contributed by atoms with E-state index in [1.165, 1.54) is 11.8 Å². The molecule has 6 heteroatoms. The van der Waals surface area contributed by atoms with E-state index in [9.17, 15) is 19.8 Å². The fourth-order valence-electron chi connectivity index (χ4n) is 1.48. The molecular weight excluding hydrogens is 200 g/mol. The molecular formula is C9H16N2O4. The van der Waals surface area contributed by atoms with Crippen LogP contribution in [-0.2, 0) is 9.59 Å². The van der Waals surface area contributed by atoms with Crippen molar-refractivity contribution in [2.45, 2.75) is 25.6 Å². The van der Waals surface area contributed by atoms with Crippen LogP contribution in [-0.4, -0.2) is 58.8 Å². The van der Waals surface area contributed by atoms with Crippen molar-refractivity contribution in [2.75, 3.05) is 19.6 Å². The maximum absolute atomic E-state index is 11.5. The maximum Gasteiger partial charge on any atom is 0.224 e. The Hall–Kier alpha value is -1.14. The second-order valence-corrected chi connectivity index (χ2v) is 3.67. The third kappa shape index (κ3) is 3.49. The molecule has 0 saturated carbocycles. The van der Waals surface area contributed by atoms with E-state index < -0.39 is 12.2 Å². The molecule has 6 nitrogen and oxygen atoms in total. The summed E-state index contributed by atoms with van der Waals surface area (Å²) in [5, 5.41) is 20.9. The largest absolute Gasteiger partial charge is 0.388 e. The van der Waals surface area contributed by atoms with Gasteiger partial charge >= 0.3 is 0 Å². The van der Waals surface area contributed by atoms with Gasteiger partial charge in [-0.25, -0.2) is 0 Å². The summed E-state index contributed by atoms with van der Waals surface area (Å²) >= 11 is 0. The average Bonchev–Trinajstić information content (AvgIpc) is 2.46. The van der Waals surface area contributed by atoms with Crippen LogP contribution in [0, 0.1) is 0 Å². The first-order valence-corrected chi connectivity index (χ1v) is 4.89. The second-order valence-electron chi connectivity index (χ2n) is 3.67. The van der Waals surface area contributed by atoms with Crippen LogP contribution in [0.5, 0.6) is 0 Å². The Labute approximate surface area is 87.9 Å². The van der Waals surface area contributed by atoms with Gasteiger partial charge in [-0.1, -0.05) is 0 Å². The fourth-order valence-corrected chi connectivity index (χ4v) is 1.48. The van der Waals surface area contributed by atoms with Crippen LogP contribution in [0.3, 0.4) is 0 Å². The zero-order valence-corrected chi connectivity index (χ0v) is 8.64. The number of likely N-dealkylation sites (tertiary alicyclic amines) is 1. The van der Waals surface area contributed by atoms with Crippen LogP contribution in [0.1, 0.15) is 13.3 Å². The number of hydrogen-bond donors (Lipinski definition) is 3. The lowest BCUT2D eigenvalue weighted by Crippen LogP contribution is -2.33. The summed E-state index contributed by atoms with van der Waals surface area (Å²) in [4.78, 5) is 23.4. The number of carbonyl (C=O) groups excluding carboxylic acids is 2. The Kier molecular flexibility index (Phi) is 4.05. The first-order chi connectivity index (χ1) is 7.00. The number of amides is 2. The minimum Gasteiger partial charge on any atom is -0.388 e. The van der Waals surface area contributed by atoms with Gasteiger partial charge in [0.25, 0.3) is 0 Å². The topological polar surface area (TPSA) is 89.9 Å². The van der Waals surface area contributed by atoms with E-state index >= 15 is 0 Å². The summed E-state index contributed by atoms with van der Waals surface area (Å²) in [6, 6.07) is 0. The Morgan fingerprint density at radius 3 is 2.33 bits per heavy atom. The molecule has 86 valence electrons. The highest BCUT2D eigenvalue weighted by molar-refractivity contribution is 5.78. The number of rotatable bonds is 3. The quantitative estimate of drug-likeness (QED) is 0.513. The normalized spacial score (nSPS) is 25.4. The van der Waals surface area contributed by atoms with Gasteiger partial charge in [0, 0.05) is 33.0 Å². The van der Waals surface area contributed by atoms with Gasteiger partial charge in [-0.05, 0) is 0 Å². The zero-order valence-electron chi connectivity index (χ0n) is 8.64. The smallest absolute Gasteiger partial charge is 0.224 e. The Balaban J connectivity index is 2.26. The highest BCUT2D eigenvalue weighted by atomic mass is 16.3. The molecule has 1 heterocycles. The van der Waals surface area contributed by atoms with E-state index in [1.807, 2.05) is 0 Å². The van der Waals surface area contributed by atoms with Gasteiger partial charge in [0.15, 0.2) is 0 Å². The molecule has 0 unspecified atom stereocenters. The number of hydrogen-bond acceptors (Lipinski definition) is 4. The van der Waals surface area contributed by atoms with Crippen LogP contribution in [0.25, 0.3) is 0 Å². The van der Waals surface area contributed by atoms with Crippen molar-refractivity contribution >= 4 is 11.8 Å². The molecule has 0 bridgehead atoms. The third-order valence-corrected chi connectivity index (χ3v) is 2.32. The fraction of sp³-hybridized carbons (Fsp3) is 0.778. The molecule has 1 rings (SSSR count). The molecule has 1 saturated heterocycles. The summed E-state index contributed by atoms with van der Waals surface area (Å²) in [6.07, 6.45) is -1.51. The van der Waals surface area contributed by atoms with Gasteiger partial charge in [-0.15, -0.1) is 0 Å². The minimum absolute atomic E-state index is 0.167. The van der Waals surface area contributed by atoms with Crippen molar-refractivity contribution in [2.24, 2.45) is 0 Å². The summed E-state index contributed by atoms with van der Waals surface area (Å²) in [5.74, 6) is -0.344. The Morgan fingerprint density at radius 2 is 1.87 bits per heavy atom. The minimum atomic E-state index is -0.852. The Bertz CT molecular complexity index is 246. The van der Waals surface area contributed by atoms with E-state index in [0.717, 1.165) is 0 Å². The van der Waals surface area contributed by atoms with E-state index in [0.29, 0.717) is 0 Å².